The lowest BCUT2D eigenvalue weighted by Crippen LogP contribution is -2.57. The van der Waals surface area contributed by atoms with Gasteiger partial charge in [0.25, 0.3) is 5.91 Å². The molecular formula is C28H34FN3O3. The maximum absolute atomic E-state index is 14.1. The van der Waals surface area contributed by atoms with Crippen molar-refractivity contribution < 1.29 is 18.8 Å². The van der Waals surface area contributed by atoms with Crippen molar-refractivity contribution in [3.8, 4) is 0 Å². The molecule has 2 heterocycles. The Morgan fingerprint density at radius 2 is 1.66 bits per heavy atom. The number of nitrogens with one attached hydrogen (secondary N) is 1. The summed E-state index contributed by atoms with van der Waals surface area (Å²) in [6.07, 6.45) is 1.93. The van der Waals surface area contributed by atoms with E-state index >= 15 is 0 Å². The van der Waals surface area contributed by atoms with E-state index in [0.717, 1.165) is 12.8 Å². The van der Waals surface area contributed by atoms with Crippen LogP contribution in [-0.2, 0) is 9.59 Å². The molecule has 0 radical (unpaired) electrons. The van der Waals surface area contributed by atoms with Gasteiger partial charge < -0.3 is 15.1 Å². The first-order chi connectivity index (χ1) is 16.7. The summed E-state index contributed by atoms with van der Waals surface area (Å²) in [4.78, 5) is 42.5. The summed E-state index contributed by atoms with van der Waals surface area (Å²) in [5.74, 6) is -1.15. The van der Waals surface area contributed by atoms with Gasteiger partial charge in [0.1, 0.15) is 11.9 Å². The fourth-order valence-electron chi connectivity index (χ4n) is 5.55. The van der Waals surface area contributed by atoms with E-state index in [0.29, 0.717) is 26.1 Å². The fourth-order valence-corrected chi connectivity index (χ4v) is 5.55. The predicted octanol–water partition coefficient (Wildman–Crippen LogP) is 3.83. The summed E-state index contributed by atoms with van der Waals surface area (Å²) in [5, 5.41) is 2.76. The molecule has 2 saturated heterocycles. The van der Waals surface area contributed by atoms with Crippen molar-refractivity contribution in [3.63, 3.8) is 0 Å². The summed E-state index contributed by atoms with van der Waals surface area (Å²) in [6.45, 7) is 5.47. The van der Waals surface area contributed by atoms with Crippen LogP contribution in [0.25, 0.3) is 0 Å². The maximum Gasteiger partial charge on any atom is 0.254 e. The molecule has 0 aliphatic carbocycles. The third kappa shape index (κ3) is 5.09. The summed E-state index contributed by atoms with van der Waals surface area (Å²) < 4.78 is 14.1. The van der Waals surface area contributed by atoms with Gasteiger partial charge in [-0.15, -0.1) is 0 Å². The van der Waals surface area contributed by atoms with Crippen LogP contribution in [0.5, 0.6) is 0 Å². The Hall–Kier alpha value is -3.22. The highest BCUT2D eigenvalue weighted by molar-refractivity contribution is 5.97. The van der Waals surface area contributed by atoms with E-state index in [1.165, 1.54) is 23.8 Å². The normalized spacial score (nSPS) is 20.7. The van der Waals surface area contributed by atoms with E-state index in [1.54, 1.807) is 11.0 Å². The highest BCUT2D eigenvalue weighted by Crippen LogP contribution is 2.50. The van der Waals surface area contributed by atoms with Crippen LogP contribution in [0.15, 0.2) is 54.6 Å². The summed E-state index contributed by atoms with van der Waals surface area (Å²) in [6, 6.07) is 15.3. The zero-order valence-corrected chi connectivity index (χ0v) is 20.7. The van der Waals surface area contributed by atoms with E-state index in [-0.39, 0.29) is 34.6 Å². The first-order valence-corrected chi connectivity index (χ1v) is 12.3. The third-order valence-electron chi connectivity index (χ3n) is 7.74. The second-order valence-corrected chi connectivity index (χ2v) is 10.3. The number of carbonyl (C=O) groups excluding carboxylic acids is 3. The molecule has 4 rings (SSSR count). The Balaban J connectivity index is 1.48. The number of hydrogen-bond acceptors (Lipinski definition) is 3. The topological polar surface area (TPSA) is 69.7 Å². The van der Waals surface area contributed by atoms with Gasteiger partial charge in [-0.05, 0) is 41.9 Å². The number of benzene rings is 2. The number of piperidine rings is 2. The molecule has 1 unspecified atom stereocenters. The van der Waals surface area contributed by atoms with Crippen LogP contribution >= 0.6 is 0 Å². The van der Waals surface area contributed by atoms with E-state index in [1.807, 2.05) is 44.0 Å². The zero-order valence-electron chi connectivity index (χ0n) is 20.7. The Bertz CT molecular complexity index is 1080. The largest absolute Gasteiger partial charge is 0.345 e. The number of hydrogen-bond donors (Lipinski definition) is 1. The minimum absolute atomic E-state index is 0.0703. The maximum atomic E-state index is 14.1. The molecule has 35 heavy (non-hydrogen) atoms. The lowest BCUT2D eigenvalue weighted by molar-refractivity contribution is -0.143. The molecule has 1 N–H and O–H groups in total. The summed E-state index contributed by atoms with van der Waals surface area (Å²) in [7, 11) is 1.86. The lowest BCUT2D eigenvalue weighted by atomic mass is 9.62. The second-order valence-electron chi connectivity index (χ2n) is 10.3. The summed E-state index contributed by atoms with van der Waals surface area (Å²) >= 11 is 0. The van der Waals surface area contributed by atoms with Gasteiger partial charge in [0.05, 0.1) is 5.56 Å². The van der Waals surface area contributed by atoms with Crippen LogP contribution in [-0.4, -0.2) is 60.2 Å². The average molecular weight is 480 g/mol. The highest BCUT2D eigenvalue weighted by Gasteiger charge is 2.48. The van der Waals surface area contributed by atoms with E-state index < -0.39 is 17.8 Å². The Kier molecular flexibility index (Phi) is 7.24. The Labute approximate surface area is 206 Å². The van der Waals surface area contributed by atoms with Gasteiger partial charge in [-0.2, -0.15) is 0 Å². The molecular weight excluding hydrogens is 445 g/mol. The molecule has 0 saturated carbocycles. The van der Waals surface area contributed by atoms with Gasteiger partial charge in [-0.1, -0.05) is 56.3 Å². The molecule has 2 atom stereocenters. The van der Waals surface area contributed by atoms with Gasteiger partial charge >= 0.3 is 0 Å². The second kappa shape index (κ2) is 10.2. The molecule has 0 bridgehead atoms. The molecule has 2 fully saturated rings. The highest BCUT2D eigenvalue weighted by atomic mass is 19.1. The molecule has 186 valence electrons. The molecule has 3 amide bonds. The minimum Gasteiger partial charge on any atom is -0.345 e. The van der Waals surface area contributed by atoms with Crippen molar-refractivity contribution in [3.05, 3.63) is 71.5 Å². The predicted molar refractivity (Wildman–Crippen MR) is 132 cm³/mol. The first kappa shape index (κ1) is 24.9. The SMILES string of the molecule is CC(C)[C@@H](NC(=O)c1ccccc1F)C(=O)N1CCC2(CC1)CC(=O)N(C)CC2c1ccccc1. The van der Waals surface area contributed by atoms with Crippen LogP contribution in [0.4, 0.5) is 4.39 Å². The van der Waals surface area contributed by atoms with Gasteiger partial charge in [0.15, 0.2) is 0 Å². The number of amides is 3. The van der Waals surface area contributed by atoms with Crippen molar-refractivity contribution >= 4 is 17.7 Å². The van der Waals surface area contributed by atoms with Crippen molar-refractivity contribution in [2.45, 2.75) is 45.1 Å². The van der Waals surface area contributed by atoms with E-state index in [9.17, 15) is 18.8 Å². The van der Waals surface area contributed by atoms with Gasteiger partial charge in [-0.25, -0.2) is 4.39 Å². The molecule has 2 aromatic carbocycles. The number of halogens is 1. The molecule has 2 aromatic rings. The molecule has 2 aliphatic heterocycles. The fraction of sp³-hybridized carbons (Fsp3) is 0.464. The monoisotopic (exact) mass is 479 g/mol. The molecule has 7 heteroatoms. The van der Waals surface area contributed by atoms with Crippen LogP contribution in [0.1, 0.15) is 54.9 Å². The van der Waals surface area contributed by atoms with E-state index in [2.05, 4.69) is 17.4 Å². The molecule has 6 nitrogen and oxygen atoms in total. The van der Waals surface area contributed by atoms with Crippen LogP contribution in [0, 0.1) is 17.2 Å². The van der Waals surface area contributed by atoms with Crippen LogP contribution < -0.4 is 5.32 Å². The third-order valence-corrected chi connectivity index (χ3v) is 7.74. The van der Waals surface area contributed by atoms with Gasteiger partial charge in [0, 0.05) is 39.0 Å². The number of likely N-dealkylation sites (tertiary alicyclic amines) is 2. The molecule has 2 aliphatic rings. The number of rotatable bonds is 5. The Morgan fingerprint density at radius 3 is 2.29 bits per heavy atom. The van der Waals surface area contributed by atoms with E-state index in [4.69, 9.17) is 0 Å². The average Bonchev–Trinajstić information content (AvgIpc) is 2.85. The van der Waals surface area contributed by atoms with Crippen molar-refractivity contribution in [1.82, 2.24) is 15.1 Å². The Morgan fingerprint density at radius 1 is 1.03 bits per heavy atom. The van der Waals surface area contributed by atoms with Crippen LogP contribution in [0.3, 0.4) is 0 Å². The van der Waals surface area contributed by atoms with Crippen LogP contribution in [0.2, 0.25) is 0 Å². The first-order valence-electron chi connectivity index (χ1n) is 12.3. The van der Waals surface area contributed by atoms with Crippen molar-refractivity contribution in [2.75, 3.05) is 26.7 Å². The van der Waals surface area contributed by atoms with Crippen molar-refractivity contribution in [2.24, 2.45) is 11.3 Å². The molecule has 0 aromatic heterocycles. The zero-order chi connectivity index (χ0) is 25.2. The molecule has 1 spiro atoms. The standard InChI is InChI=1S/C28H34FN3O3/c1-19(2)25(30-26(34)21-11-7-8-12-23(21)29)27(35)32-15-13-28(14-16-32)17-24(33)31(3)18-22(28)20-9-5-4-6-10-20/h4-12,19,22,25H,13-18H2,1-3H3,(H,30,34)/t22?,25-/m1/s1. The minimum atomic E-state index is -0.750. The number of carbonyl (C=O) groups is 3. The quantitative estimate of drug-likeness (QED) is 0.709. The smallest absolute Gasteiger partial charge is 0.254 e. The summed E-state index contributed by atoms with van der Waals surface area (Å²) in [5.41, 5.74) is 0.966. The van der Waals surface area contributed by atoms with Gasteiger partial charge in [-0.3, -0.25) is 14.4 Å². The number of likely N-dealkylation sites (N-methyl/N-ethyl adjacent to an activating group) is 1. The van der Waals surface area contributed by atoms with Crippen molar-refractivity contribution in [1.29, 1.82) is 0 Å². The lowest BCUT2D eigenvalue weighted by Gasteiger charge is -2.51. The number of nitrogens with zero attached hydrogens (tertiary/aromatic N) is 2. The van der Waals surface area contributed by atoms with Gasteiger partial charge in [0.2, 0.25) is 11.8 Å².